The fourth-order valence-electron chi connectivity index (χ4n) is 4.67. The second kappa shape index (κ2) is 9.91. The van der Waals surface area contributed by atoms with Crippen LogP contribution in [0, 0.1) is 13.8 Å². The summed E-state index contributed by atoms with van der Waals surface area (Å²) < 4.78 is 8.23. The topological polar surface area (TPSA) is 93.2 Å². The molecular formula is C31H32N4O3. The van der Waals surface area contributed by atoms with Crippen LogP contribution in [0.15, 0.2) is 82.4 Å². The summed E-state index contributed by atoms with van der Waals surface area (Å²) in [5, 5.41) is 18.4. The summed E-state index contributed by atoms with van der Waals surface area (Å²) in [5.74, 6) is 0.585. The first kappa shape index (κ1) is 25.4. The normalized spacial score (nSPS) is 12.6. The Morgan fingerprint density at radius 2 is 1.84 bits per heavy atom. The van der Waals surface area contributed by atoms with Crippen molar-refractivity contribution in [2.45, 2.75) is 46.2 Å². The summed E-state index contributed by atoms with van der Waals surface area (Å²) in [5.41, 5.74) is 5.78. The summed E-state index contributed by atoms with van der Waals surface area (Å²) in [4.78, 5) is 18.1. The third kappa shape index (κ3) is 4.61. The number of nitrogens with zero attached hydrogens (tertiary/aromatic N) is 3. The number of hydrogen-bond donors (Lipinski definition) is 2. The molecule has 0 bridgehead atoms. The van der Waals surface area contributed by atoms with Gasteiger partial charge in [-0.3, -0.25) is 14.5 Å². The molecule has 0 saturated carbocycles. The Morgan fingerprint density at radius 3 is 2.58 bits per heavy atom. The van der Waals surface area contributed by atoms with Gasteiger partial charge in [0.1, 0.15) is 11.3 Å². The first-order chi connectivity index (χ1) is 18.2. The zero-order valence-corrected chi connectivity index (χ0v) is 22.3. The SMILES string of the molecule is Cc1cc([C@@H](C)Nc2cccnc2-c2cnn(C(C)(C)CO)c2)c2oc(-c3ccccc3)c(C)c(=O)c2c1. The quantitative estimate of drug-likeness (QED) is 0.270. The van der Waals surface area contributed by atoms with Gasteiger partial charge in [-0.05, 0) is 58.4 Å². The summed E-state index contributed by atoms with van der Waals surface area (Å²) >= 11 is 0. The lowest BCUT2D eigenvalue weighted by Gasteiger charge is -2.22. The molecule has 5 rings (SSSR count). The monoisotopic (exact) mass is 508 g/mol. The largest absolute Gasteiger partial charge is 0.455 e. The highest BCUT2D eigenvalue weighted by Crippen LogP contribution is 2.34. The van der Waals surface area contributed by atoms with Gasteiger partial charge in [0.05, 0.1) is 41.2 Å². The van der Waals surface area contributed by atoms with Gasteiger partial charge in [0.2, 0.25) is 0 Å². The number of aliphatic hydroxyl groups is 1. The molecule has 0 spiro atoms. The Morgan fingerprint density at radius 1 is 1.08 bits per heavy atom. The van der Waals surface area contributed by atoms with E-state index in [2.05, 4.69) is 21.5 Å². The van der Waals surface area contributed by atoms with Crippen LogP contribution in [0.3, 0.4) is 0 Å². The van der Waals surface area contributed by atoms with Gasteiger partial charge in [-0.2, -0.15) is 5.10 Å². The molecule has 0 aliphatic rings. The van der Waals surface area contributed by atoms with Crippen molar-refractivity contribution < 1.29 is 9.52 Å². The van der Waals surface area contributed by atoms with Crippen molar-refractivity contribution >= 4 is 16.7 Å². The van der Waals surface area contributed by atoms with E-state index < -0.39 is 5.54 Å². The number of pyridine rings is 1. The second-order valence-electron chi connectivity index (χ2n) is 10.4. The molecular weight excluding hydrogens is 476 g/mol. The molecule has 7 nitrogen and oxygen atoms in total. The number of benzene rings is 2. The van der Waals surface area contributed by atoms with Crippen LogP contribution in [0.25, 0.3) is 33.6 Å². The van der Waals surface area contributed by atoms with E-state index in [1.807, 2.05) is 89.3 Å². The van der Waals surface area contributed by atoms with Crippen molar-refractivity contribution in [2.75, 3.05) is 11.9 Å². The highest BCUT2D eigenvalue weighted by molar-refractivity contribution is 5.85. The van der Waals surface area contributed by atoms with Crippen LogP contribution in [0.5, 0.6) is 0 Å². The predicted molar refractivity (Wildman–Crippen MR) is 151 cm³/mol. The lowest BCUT2D eigenvalue weighted by Crippen LogP contribution is -2.30. The summed E-state index contributed by atoms with van der Waals surface area (Å²) in [6.45, 7) is 9.66. The number of fused-ring (bicyclic) bond motifs is 1. The highest BCUT2D eigenvalue weighted by Gasteiger charge is 2.23. The van der Waals surface area contributed by atoms with Crippen LogP contribution in [0.1, 0.15) is 43.5 Å². The van der Waals surface area contributed by atoms with Crippen molar-refractivity contribution in [3.05, 3.63) is 100 Å². The molecule has 1 atom stereocenters. The fraction of sp³-hybridized carbons (Fsp3) is 0.258. The molecule has 0 aliphatic heterocycles. The number of aryl methyl sites for hydroxylation is 1. The van der Waals surface area contributed by atoms with Gasteiger partial charge in [0.15, 0.2) is 5.43 Å². The van der Waals surface area contributed by atoms with Gasteiger partial charge >= 0.3 is 0 Å². The standard InChI is InChI=1S/C31H32N4O3/c1-19-14-24(30-25(15-19)28(37)20(2)29(38-30)22-10-7-6-8-11-22)21(3)34-26-12-9-13-32-27(26)23-16-33-35(17-23)31(4,5)18-36/h6-17,21,34,36H,18H2,1-5H3/t21-/m1/s1. The molecule has 0 saturated heterocycles. The third-order valence-corrected chi connectivity index (χ3v) is 6.94. The van der Waals surface area contributed by atoms with Crippen LogP contribution >= 0.6 is 0 Å². The van der Waals surface area contributed by atoms with E-state index in [1.54, 1.807) is 17.1 Å². The number of aromatic nitrogens is 3. The van der Waals surface area contributed by atoms with Crippen molar-refractivity contribution in [3.8, 4) is 22.6 Å². The number of aliphatic hydroxyl groups excluding tert-OH is 1. The van der Waals surface area contributed by atoms with Gasteiger partial charge in [-0.15, -0.1) is 0 Å². The lowest BCUT2D eigenvalue weighted by atomic mass is 9.98. The molecule has 38 heavy (non-hydrogen) atoms. The molecule has 0 amide bonds. The Labute approximate surface area is 221 Å². The molecule has 0 radical (unpaired) electrons. The first-order valence-corrected chi connectivity index (χ1v) is 12.7. The van der Waals surface area contributed by atoms with Crippen LogP contribution in [-0.2, 0) is 5.54 Å². The summed E-state index contributed by atoms with van der Waals surface area (Å²) in [6.07, 6.45) is 5.39. The maximum atomic E-state index is 13.4. The minimum absolute atomic E-state index is 0.0248. The molecule has 2 aromatic carbocycles. The van der Waals surface area contributed by atoms with Crippen molar-refractivity contribution in [1.29, 1.82) is 0 Å². The first-order valence-electron chi connectivity index (χ1n) is 12.7. The highest BCUT2D eigenvalue weighted by atomic mass is 16.3. The van der Waals surface area contributed by atoms with E-state index in [0.717, 1.165) is 33.6 Å². The maximum absolute atomic E-state index is 13.4. The Kier molecular flexibility index (Phi) is 6.63. The molecule has 2 N–H and O–H groups in total. The van der Waals surface area contributed by atoms with Crippen molar-refractivity contribution in [1.82, 2.24) is 14.8 Å². The van der Waals surface area contributed by atoms with Crippen LogP contribution in [0.2, 0.25) is 0 Å². The van der Waals surface area contributed by atoms with Gasteiger partial charge in [-0.1, -0.05) is 36.4 Å². The van der Waals surface area contributed by atoms with E-state index in [0.29, 0.717) is 22.3 Å². The van der Waals surface area contributed by atoms with Crippen molar-refractivity contribution in [2.24, 2.45) is 0 Å². The minimum atomic E-state index is -0.527. The molecule has 194 valence electrons. The lowest BCUT2D eigenvalue weighted by molar-refractivity contribution is 0.152. The zero-order valence-electron chi connectivity index (χ0n) is 22.3. The van der Waals surface area contributed by atoms with Crippen LogP contribution in [0.4, 0.5) is 5.69 Å². The minimum Gasteiger partial charge on any atom is -0.455 e. The summed E-state index contributed by atoms with van der Waals surface area (Å²) in [6, 6.07) is 17.3. The fourth-order valence-corrected chi connectivity index (χ4v) is 4.67. The Bertz CT molecular complexity index is 1670. The van der Waals surface area contributed by atoms with E-state index in [1.165, 1.54) is 0 Å². The number of rotatable bonds is 7. The van der Waals surface area contributed by atoms with E-state index in [4.69, 9.17) is 4.42 Å². The molecule has 3 aromatic heterocycles. The van der Waals surface area contributed by atoms with Gasteiger partial charge in [0, 0.05) is 34.6 Å². The zero-order chi connectivity index (χ0) is 27.0. The summed E-state index contributed by atoms with van der Waals surface area (Å²) in [7, 11) is 0. The molecule has 5 aromatic rings. The molecule has 0 unspecified atom stereocenters. The number of hydrogen-bond acceptors (Lipinski definition) is 6. The van der Waals surface area contributed by atoms with Crippen LogP contribution < -0.4 is 10.7 Å². The maximum Gasteiger partial charge on any atom is 0.196 e. The third-order valence-electron chi connectivity index (χ3n) is 6.94. The van der Waals surface area contributed by atoms with E-state index in [-0.39, 0.29) is 18.1 Å². The van der Waals surface area contributed by atoms with Gasteiger partial charge < -0.3 is 14.8 Å². The van der Waals surface area contributed by atoms with E-state index >= 15 is 0 Å². The molecule has 0 aliphatic carbocycles. The molecule has 0 fully saturated rings. The average molecular weight is 509 g/mol. The second-order valence-corrected chi connectivity index (χ2v) is 10.4. The van der Waals surface area contributed by atoms with Crippen LogP contribution in [-0.4, -0.2) is 26.5 Å². The smallest absolute Gasteiger partial charge is 0.196 e. The molecule has 7 heteroatoms. The van der Waals surface area contributed by atoms with Gasteiger partial charge in [-0.25, -0.2) is 0 Å². The van der Waals surface area contributed by atoms with Crippen molar-refractivity contribution in [3.63, 3.8) is 0 Å². The number of nitrogens with one attached hydrogen (secondary N) is 1. The Hall–Kier alpha value is -4.23. The average Bonchev–Trinajstić information content (AvgIpc) is 3.42. The Balaban J connectivity index is 1.58. The van der Waals surface area contributed by atoms with E-state index in [9.17, 15) is 9.90 Å². The van der Waals surface area contributed by atoms with Gasteiger partial charge in [0.25, 0.3) is 0 Å². The predicted octanol–water partition coefficient (Wildman–Crippen LogP) is 6.24. The number of anilines is 1. The molecule has 3 heterocycles.